The highest BCUT2D eigenvalue weighted by molar-refractivity contribution is 7.99. The van der Waals surface area contributed by atoms with Gasteiger partial charge in [0.2, 0.25) is 5.91 Å². The van der Waals surface area contributed by atoms with Crippen molar-refractivity contribution >= 4 is 56.5 Å². The first-order chi connectivity index (χ1) is 20.3. The standard InChI is InChI=1S/C32H46ClN3O4S2/c1-4-7-9-14-22-40-23-15-21-36-31(34-27-18-11-13-20-29(27)42(36,38)39)30(33)32(37)35-26-17-10-12-19-28(26)41-24-25(6-3)16-8-5-2/h10-13,17-20,25,30H,4-9,14-16,21-24H2,1-3H3,(H,35,37). The van der Waals surface area contributed by atoms with Crippen molar-refractivity contribution in [2.24, 2.45) is 10.9 Å². The van der Waals surface area contributed by atoms with Crippen molar-refractivity contribution in [2.45, 2.75) is 93.7 Å². The van der Waals surface area contributed by atoms with Crippen LogP contribution in [0.4, 0.5) is 11.4 Å². The Kier molecular flexibility index (Phi) is 14.7. The number of rotatable bonds is 19. The van der Waals surface area contributed by atoms with Gasteiger partial charge in [0, 0.05) is 30.4 Å². The summed E-state index contributed by atoms with van der Waals surface area (Å²) in [5.41, 5.74) is 0.939. The fourth-order valence-electron chi connectivity index (χ4n) is 4.76. The van der Waals surface area contributed by atoms with Crippen LogP contribution in [-0.4, -0.2) is 55.4 Å². The highest BCUT2D eigenvalue weighted by Gasteiger charge is 2.39. The molecule has 0 fully saturated rings. The molecule has 2 atom stereocenters. The van der Waals surface area contributed by atoms with Gasteiger partial charge in [-0.3, -0.25) is 9.10 Å². The highest BCUT2D eigenvalue weighted by Crippen LogP contribution is 2.35. The minimum atomic E-state index is -3.95. The molecule has 2 unspecified atom stereocenters. The van der Waals surface area contributed by atoms with Crippen LogP contribution in [0.5, 0.6) is 0 Å². The van der Waals surface area contributed by atoms with E-state index in [4.69, 9.17) is 16.3 Å². The van der Waals surface area contributed by atoms with Crippen LogP contribution in [0.2, 0.25) is 0 Å². The van der Waals surface area contributed by atoms with Crippen LogP contribution in [0.3, 0.4) is 0 Å². The molecule has 2 aromatic rings. The average molecular weight is 636 g/mol. The van der Waals surface area contributed by atoms with Crippen molar-refractivity contribution in [3.63, 3.8) is 0 Å². The fourth-order valence-corrected chi connectivity index (χ4v) is 7.94. The number of para-hydroxylation sites is 2. The molecule has 232 valence electrons. The summed E-state index contributed by atoms with van der Waals surface area (Å²) in [5, 5.41) is 1.64. The Labute approximate surface area is 261 Å². The zero-order chi connectivity index (χ0) is 30.4. The second-order valence-corrected chi connectivity index (χ2v) is 13.9. The number of sulfonamides is 1. The molecule has 0 aliphatic carbocycles. The van der Waals surface area contributed by atoms with Gasteiger partial charge in [-0.1, -0.05) is 83.6 Å². The van der Waals surface area contributed by atoms with Gasteiger partial charge in [-0.2, -0.15) is 0 Å². The van der Waals surface area contributed by atoms with E-state index < -0.39 is 21.3 Å². The van der Waals surface area contributed by atoms with E-state index in [0.717, 1.165) is 36.3 Å². The van der Waals surface area contributed by atoms with Crippen molar-refractivity contribution in [1.82, 2.24) is 4.31 Å². The van der Waals surface area contributed by atoms with E-state index in [2.05, 4.69) is 31.1 Å². The maximum absolute atomic E-state index is 13.7. The molecule has 10 heteroatoms. The summed E-state index contributed by atoms with van der Waals surface area (Å²) in [6, 6.07) is 14.2. The van der Waals surface area contributed by atoms with Gasteiger partial charge in [-0.15, -0.1) is 23.4 Å². The number of anilines is 1. The Balaban J connectivity index is 1.73. The van der Waals surface area contributed by atoms with Crippen molar-refractivity contribution in [3.05, 3.63) is 48.5 Å². The van der Waals surface area contributed by atoms with Crippen molar-refractivity contribution in [3.8, 4) is 0 Å². The first-order valence-corrected chi connectivity index (χ1v) is 18.1. The smallest absolute Gasteiger partial charge is 0.267 e. The second-order valence-electron chi connectivity index (χ2n) is 10.6. The van der Waals surface area contributed by atoms with Gasteiger partial charge in [0.1, 0.15) is 10.7 Å². The SMILES string of the molecule is CCCCCCOCCCN1C(C(Cl)C(=O)Nc2ccccc2SCC(CC)CCCC)=Nc2ccccc2S1(=O)=O. The lowest BCUT2D eigenvalue weighted by molar-refractivity contribution is -0.114. The lowest BCUT2D eigenvalue weighted by Crippen LogP contribution is -2.47. The number of fused-ring (bicyclic) bond motifs is 1. The van der Waals surface area contributed by atoms with Gasteiger partial charge in [0.05, 0.1) is 11.4 Å². The summed E-state index contributed by atoms with van der Waals surface area (Å²) in [6.07, 6.45) is 9.58. The highest BCUT2D eigenvalue weighted by atomic mass is 35.5. The number of carbonyl (C=O) groups excluding carboxylic acids is 1. The first-order valence-electron chi connectivity index (χ1n) is 15.3. The number of thioether (sulfide) groups is 1. The normalized spacial score (nSPS) is 15.5. The van der Waals surface area contributed by atoms with Crippen LogP contribution in [0.1, 0.15) is 78.6 Å². The van der Waals surface area contributed by atoms with Crippen LogP contribution in [0.15, 0.2) is 63.3 Å². The zero-order valence-electron chi connectivity index (χ0n) is 25.2. The van der Waals surface area contributed by atoms with Crippen LogP contribution >= 0.6 is 23.4 Å². The lowest BCUT2D eigenvalue weighted by atomic mass is 10.0. The van der Waals surface area contributed by atoms with E-state index in [1.807, 2.05) is 24.3 Å². The third-order valence-corrected chi connectivity index (χ3v) is 10.9. The van der Waals surface area contributed by atoms with Crippen molar-refractivity contribution in [2.75, 3.05) is 30.8 Å². The van der Waals surface area contributed by atoms with Gasteiger partial charge in [0.25, 0.3) is 10.0 Å². The van der Waals surface area contributed by atoms with E-state index in [1.165, 1.54) is 36.1 Å². The molecule has 7 nitrogen and oxygen atoms in total. The van der Waals surface area contributed by atoms with Gasteiger partial charge in [0.15, 0.2) is 5.38 Å². The quantitative estimate of drug-likeness (QED) is 0.0954. The van der Waals surface area contributed by atoms with Crippen LogP contribution in [0, 0.1) is 5.92 Å². The third-order valence-electron chi connectivity index (χ3n) is 7.34. The first kappa shape index (κ1) is 34.4. The number of unbranched alkanes of at least 4 members (excludes halogenated alkanes) is 4. The molecular formula is C32H46ClN3O4S2. The molecule has 0 bridgehead atoms. The van der Waals surface area contributed by atoms with Gasteiger partial charge in [-0.05, 0) is 49.4 Å². The number of ether oxygens (including phenoxy) is 1. The molecule has 0 aromatic heterocycles. The number of halogens is 1. The van der Waals surface area contributed by atoms with Gasteiger partial charge >= 0.3 is 0 Å². The van der Waals surface area contributed by atoms with Crippen molar-refractivity contribution < 1.29 is 17.9 Å². The number of aliphatic imine (C=N–C) groups is 1. The van der Waals surface area contributed by atoms with Gasteiger partial charge < -0.3 is 10.1 Å². The molecular weight excluding hydrogens is 590 g/mol. The number of nitrogens with one attached hydrogen (secondary N) is 1. The minimum absolute atomic E-state index is 0.00607. The number of hydrogen-bond acceptors (Lipinski definition) is 6. The third kappa shape index (κ3) is 9.73. The summed E-state index contributed by atoms with van der Waals surface area (Å²) in [4.78, 5) is 19.1. The molecule has 0 radical (unpaired) electrons. The summed E-state index contributed by atoms with van der Waals surface area (Å²) < 4.78 is 34.2. The molecule has 1 heterocycles. The van der Waals surface area contributed by atoms with Crippen LogP contribution < -0.4 is 5.32 Å². The topological polar surface area (TPSA) is 88.1 Å². The van der Waals surface area contributed by atoms with Crippen molar-refractivity contribution in [1.29, 1.82) is 0 Å². The van der Waals surface area contributed by atoms with Gasteiger partial charge in [-0.25, -0.2) is 13.4 Å². The molecule has 1 aliphatic rings. The number of alkyl halides is 1. The largest absolute Gasteiger partial charge is 0.381 e. The molecule has 1 aliphatic heterocycles. The monoisotopic (exact) mass is 635 g/mol. The maximum atomic E-state index is 13.7. The summed E-state index contributed by atoms with van der Waals surface area (Å²) in [6.45, 7) is 7.76. The second kappa shape index (κ2) is 17.9. The van der Waals surface area contributed by atoms with Crippen LogP contribution in [0.25, 0.3) is 0 Å². The number of amides is 1. The molecule has 42 heavy (non-hydrogen) atoms. The lowest BCUT2D eigenvalue weighted by Gasteiger charge is -2.31. The molecule has 2 aromatic carbocycles. The van der Waals surface area contributed by atoms with E-state index in [1.54, 1.807) is 30.0 Å². The number of hydrogen-bond donors (Lipinski definition) is 1. The summed E-state index contributed by atoms with van der Waals surface area (Å²) in [5.74, 6) is 1.05. The molecule has 3 rings (SSSR count). The van der Waals surface area contributed by atoms with E-state index in [9.17, 15) is 13.2 Å². The molecule has 1 amide bonds. The Morgan fingerprint density at radius 2 is 1.69 bits per heavy atom. The number of amidine groups is 1. The van der Waals surface area contributed by atoms with E-state index in [-0.39, 0.29) is 23.0 Å². The number of benzene rings is 2. The molecule has 0 saturated heterocycles. The summed E-state index contributed by atoms with van der Waals surface area (Å²) in [7, 11) is -3.95. The molecule has 0 spiro atoms. The fraction of sp³-hybridized carbons (Fsp3) is 0.562. The van der Waals surface area contributed by atoms with E-state index in [0.29, 0.717) is 31.2 Å². The minimum Gasteiger partial charge on any atom is -0.381 e. The maximum Gasteiger partial charge on any atom is 0.267 e. The average Bonchev–Trinajstić information content (AvgIpc) is 2.99. The summed E-state index contributed by atoms with van der Waals surface area (Å²) >= 11 is 8.46. The van der Waals surface area contributed by atoms with Crippen LogP contribution in [-0.2, 0) is 19.6 Å². The van der Waals surface area contributed by atoms with E-state index >= 15 is 0 Å². The predicted octanol–water partition coefficient (Wildman–Crippen LogP) is 8.26. The molecule has 1 N–H and O–H groups in total. The molecule has 0 saturated carbocycles. The zero-order valence-corrected chi connectivity index (χ0v) is 27.6. The Hall–Kier alpha value is -2.07. The number of carbonyl (C=O) groups is 1. The Bertz CT molecular complexity index is 1270. The predicted molar refractivity (Wildman–Crippen MR) is 176 cm³/mol. The Morgan fingerprint density at radius 1 is 0.976 bits per heavy atom. The Morgan fingerprint density at radius 3 is 2.45 bits per heavy atom. The number of nitrogens with zero attached hydrogens (tertiary/aromatic N) is 2.